The second-order valence-electron chi connectivity index (χ2n) is 11.0. The van der Waals surface area contributed by atoms with Gasteiger partial charge in [0.05, 0.1) is 6.61 Å². The molecule has 5 rings (SSSR count). The summed E-state index contributed by atoms with van der Waals surface area (Å²) in [5, 5.41) is 8.59. The summed E-state index contributed by atoms with van der Waals surface area (Å²) in [4.78, 5) is 41.1. The van der Waals surface area contributed by atoms with Crippen LogP contribution < -0.4 is 20.7 Å². The van der Waals surface area contributed by atoms with Gasteiger partial charge in [0, 0.05) is 26.9 Å². The van der Waals surface area contributed by atoms with Crippen LogP contribution >= 0.6 is 23.4 Å². The number of rotatable bonds is 14. The molecule has 0 fully saturated rings. The fourth-order valence-corrected chi connectivity index (χ4v) is 6.05. The third kappa shape index (κ3) is 10.6. The largest absolute Gasteiger partial charge is 0.494 e. The zero-order valence-corrected chi connectivity index (χ0v) is 28.5. The number of benzene rings is 5. The highest BCUT2D eigenvalue weighted by Crippen LogP contribution is 2.37. The van der Waals surface area contributed by atoms with E-state index in [9.17, 15) is 14.4 Å². The van der Waals surface area contributed by atoms with Crippen LogP contribution in [-0.4, -0.2) is 24.3 Å². The van der Waals surface area contributed by atoms with Gasteiger partial charge in [0.15, 0.2) is 0 Å². The number of anilines is 2. The molecule has 1 atom stereocenters. The number of hydrogen-bond donors (Lipinski definition) is 3. The second-order valence-corrected chi connectivity index (χ2v) is 12.7. The molecule has 5 aromatic carbocycles. The molecule has 0 aliphatic rings. The molecule has 0 aliphatic heterocycles. The summed E-state index contributed by atoms with van der Waals surface area (Å²) >= 11 is 7.55. The van der Waals surface area contributed by atoms with Crippen molar-refractivity contribution >= 4 is 58.5 Å². The van der Waals surface area contributed by atoms with Crippen molar-refractivity contribution in [1.29, 1.82) is 0 Å². The number of unbranched alkanes of at least 4 members (excludes halogenated alkanes) is 1. The number of ether oxygens (including phenoxy) is 1. The number of thioether (sulfide) groups is 1. The van der Waals surface area contributed by atoms with Gasteiger partial charge in [0.2, 0.25) is 5.91 Å². The molecule has 0 aromatic heterocycles. The van der Waals surface area contributed by atoms with E-state index in [1.165, 1.54) is 11.8 Å². The molecule has 0 heterocycles. The van der Waals surface area contributed by atoms with Gasteiger partial charge in [-0.15, -0.1) is 11.8 Å². The van der Waals surface area contributed by atoms with Gasteiger partial charge in [0.1, 0.15) is 16.7 Å². The standard InChI is InChI=1S/C40H36ClN3O4S/c1-2-3-24-48-34-22-20-32(21-23-34)42-40(47)37(29-13-6-4-7-14-29)49-35-19-11-18-33(27-35)43-39(46)36(26-28-12-10-17-31(41)25-28)44-38(45)30-15-8-5-9-16-30/h4-23,25-27,37H,2-3,24H2,1H3,(H,42,47)(H,43,46)(H,44,45)/b36-26-. The molecule has 9 heteroatoms. The minimum atomic E-state index is -0.587. The van der Waals surface area contributed by atoms with Crippen molar-refractivity contribution < 1.29 is 19.1 Å². The average molecular weight is 690 g/mol. The predicted octanol–water partition coefficient (Wildman–Crippen LogP) is 9.40. The van der Waals surface area contributed by atoms with Gasteiger partial charge in [-0.25, -0.2) is 0 Å². The highest BCUT2D eigenvalue weighted by molar-refractivity contribution is 8.00. The Kier molecular flexibility index (Phi) is 12.7. The summed E-state index contributed by atoms with van der Waals surface area (Å²) in [7, 11) is 0. The highest BCUT2D eigenvalue weighted by Gasteiger charge is 2.23. The molecular formula is C40H36ClN3O4S. The van der Waals surface area contributed by atoms with Crippen LogP contribution in [0, 0.1) is 0 Å². The van der Waals surface area contributed by atoms with Crippen LogP contribution in [0.5, 0.6) is 5.75 Å². The zero-order chi connectivity index (χ0) is 34.4. The quantitative estimate of drug-likeness (QED) is 0.0613. The Morgan fingerprint density at radius 1 is 0.776 bits per heavy atom. The molecule has 3 N–H and O–H groups in total. The predicted molar refractivity (Wildman–Crippen MR) is 199 cm³/mol. The monoisotopic (exact) mass is 689 g/mol. The van der Waals surface area contributed by atoms with E-state index in [2.05, 4.69) is 22.9 Å². The van der Waals surface area contributed by atoms with Crippen molar-refractivity contribution in [2.45, 2.75) is 29.9 Å². The topological polar surface area (TPSA) is 96.5 Å². The minimum absolute atomic E-state index is 0.0393. The fourth-order valence-electron chi connectivity index (χ4n) is 4.76. The van der Waals surface area contributed by atoms with Crippen molar-refractivity contribution in [1.82, 2.24) is 5.32 Å². The lowest BCUT2D eigenvalue weighted by Crippen LogP contribution is -2.30. The van der Waals surface area contributed by atoms with E-state index >= 15 is 0 Å². The average Bonchev–Trinajstić information content (AvgIpc) is 3.12. The van der Waals surface area contributed by atoms with E-state index in [1.54, 1.807) is 72.8 Å². The van der Waals surface area contributed by atoms with Crippen LogP contribution in [0.3, 0.4) is 0 Å². The Hall–Kier alpha value is -5.31. The summed E-state index contributed by atoms with van der Waals surface area (Å²) in [5.41, 5.74) is 3.07. The second kappa shape index (κ2) is 17.7. The number of carbonyl (C=O) groups excluding carboxylic acids is 3. The molecule has 0 spiro atoms. The van der Waals surface area contributed by atoms with Crippen molar-refractivity contribution in [3.63, 3.8) is 0 Å². The summed E-state index contributed by atoms with van der Waals surface area (Å²) in [6.45, 7) is 2.76. The van der Waals surface area contributed by atoms with Crippen LogP contribution in [0.2, 0.25) is 5.02 Å². The Morgan fingerprint density at radius 2 is 1.49 bits per heavy atom. The van der Waals surface area contributed by atoms with Crippen LogP contribution in [0.15, 0.2) is 144 Å². The Bertz CT molecular complexity index is 1900. The van der Waals surface area contributed by atoms with E-state index in [-0.39, 0.29) is 11.6 Å². The van der Waals surface area contributed by atoms with Gasteiger partial charge in [0.25, 0.3) is 11.8 Å². The first-order valence-electron chi connectivity index (χ1n) is 15.9. The summed E-state index contributed by atoms with van der Waals surface area (Å²) in [6.07, 6.45) is 3.60. The Labute approximate surface area is 295 Å². The van der Waals surface area contributed by atoms with Crippen molar-refractivity contribution in [3.05, 3.63) is 161 Å². The molecule has 0 bridgehead atoms. The SMILES string of the molecule is CCCCOc1ccc(NC(=O)C(Sc2cccc(NC(=O)/C(=C/c3cccc(Cl)c3)NC(=O)c3ccccc3)c2)c2ccccc2)cc1. The number of carbonyl (C=O) groups is 3. The van der Waals surface area contributed by atoms with Gasteiger partial charge < -0.3 is 20.7 Å². The number of amides is 3. The van der Waals surface area contributed by atoms with E-state index in [0.29, 0.717) is 34.1 Å². The number of nitrogens with one attached hydrogen (secondary N) is 3. The third-order valence-corrected chi connectivity index (χ3v) is 8.75. The minimum Gasteiger partial charge on any atom is -0.494 e. The summed E-state index contributed by atoms with van der Waals surface area (Å²) in [6, 6.07) is 39.7. The van der Waals surface area contributed by atoms with Crippen LogP contribution in [0.1, 0.15) is 46.5 Å². The first kappa shape index (κ1) is 35.0. The molecule has 7 nitrogen and oxygen atoms in total. The molecule has 1 unspecified atom stereocenters. The lowest BCUT2D eigenvalue weighted by atomic mass is 10.1. The number of hydrogen-bond acceptors (Lipinski definition) is 5. The highest BCUT2D eigenvalue weighted by atomic mass is 35.5. The first-order chi connectivity index (χ1) is 23.9. The lowest BCUT2D eigenvalue weighted by molar-refractivity contribution is -0.116. The molecule has 0 aliphatic carbocycles. The van der Waals surface area contributed by atoms with Gasteiger partial charge in [-0.1, -0.05) is 91.7 Å². The smallest absolute Gasteiger partial charge is 0.272 e. The van der Waals surface area contributed by atoms with Crippen LogP contribution in [0.25, 0.3) is 6.08 Å². The van der Waals surface area contributed by atoms with Gasteiger partial charge in [-0.2, -0.15) is 0 Å². The van der Waals surface area contributed by atoms with Crippen molar-refractivity contribution in [3.8, 4) is 5.75 Å². The van der Waals surface area contributed by atoms with Crippen LogP contribution in [-0.2, 0) is 9.59 Å². The van der Waals surface area contributed by atoms with Crippen LogP contribution in [0.4, 0.5) is 11.4 Å². The van der Waals surface area contributed by atoms with E-state index in [4.69, 9.17) is 16.3 Å². The molecule has 0 saturated carbocycles. The third-order valence-electron chi connectivity index (χ3n) is 7.26. The molecule has 3 amide bonds. The molecule has 0 radical (unpaired) electrons. The van der Waals surface area contributed by atoms with E-state index < -0.39 is 17.1 Å². The maximum absolute atomic E-state index is 13.7. The summed E-state index contributed by atoms with van der Waals surface area (Å²) < 4.78 is 5.75. The van der Waals surface area contributed by atoms with Gasteiger partial charge >= 0.3 is 0 Å². The van der Waals surface area contributed by atoms with E-state index in [0.717, 1.165) is 29.1 Å². The molecule has 5 aromatic rings. The summed E-state index contributed by atoms with van der Waals surface area (Å²) in [5.74, 6) is -0.389. The normalized spacial score (nSPS) is 11.7. The van der Waals surface area contributed by atoms with Gasteiger partial charge in [-0.05, 0) is 90.4 Å². The Balaban J connectivity index is 1.33. The zero-order valence-electron chi connectivity index (χ0n) is 26.9. The Morgan fingerprint density at radius 3 is 2.20 bits per heavy atom. The van der Waals surface area contributed by atoms with E-state index in [1.807, 2.05) is 66.7 Å². The molecule has 49 heavy (non-hydrogen) atoms. The van der Waals surface area contributed by atoms with Crippen molar-refractivity contribution in [2.24, 2.45) is 0 Å². The first-order valence-corrected chi connectivity index (χ1v) is 17.1. The lowest BCUT2D eigenvalue weighted by Gasteiger charge is -2.18. The maximum atomic E-state index is 13.7. The fraction of sp³-hybridized carbons (Fsp3) is 0.125. The number of halogens is 1. The maximum Gasteiger partial charge on any atom is 0.272 e. The van der Waals surface area contributed by atoms with Gasteiger partial charge in [-0.3, -0.25) is 14.4 Å². The van der Waals surface area contributed by atoms with Crippen molar-refractivity contribution in [2.75, 3.05) is 17.2 Å². The molecular weight excluding hydrogens is 654 g/mol. The molecule has 0 saturated heterocycles. The molecule has 248 valence electrons.